The maximum atomic E-state index is 14.4. The number of H-pyrrole nitrogens is 1. The van der Waals surface area contributed by atoms with Crippen molar-refractivity contribution in [3.8, 4) is 11.1 Å². The van der Waals surface area contributed by atoms with Crippen LogP contribution in [0.25, 0.3) is 11.1 Å². The van der Waals surface area contributed by atoms with Gasteiger partial charge in [0.15, 0.2) is 5.78 Å². The van der Waals surface area contributed by atoms with Crippen LogP contribution in [0.5, 0.6) is 0 Å². The molecule has 0 aliphatic carbocycles. The highest BCUT2D eigenvalue weighted by molar-refractivity contribution is 6.30. The van der Waals surface area contributed by atoms with Crippen molar-refractivity contribution >= 4 is 17.4 Å². The van der Waals surface area contributed by atoms with Crippen molar-refractivity contribution in [2.24, 2.45) is 5.92 Å². The van der Waals surface area contributed by atoms with Crippen molar-refractivity contribution < 1.29 is 18.0 Å². The first kappa shape index (κ1) is 29.3. The summed E-state index contributed by atoms with van der Waals surface area (Å²) in [5, 5.41) is 0.486. The van der Waals surface area contributed by atoms with E-state index in [1.807, 2.05) is 13.1 Å². The first-order chi connectivity index (χ1) is 19.1. The van der Waals surface area contributed by atoms with Crippen LogP contribution < -0.4 is 5.56 Å². The first-order valence-corrected chi connectivity index (χ1v) is 13.3. The van der Waals surface area contributed by atoms with Crippen LogP contribution in [-0.2, 0) is 12.7 Å². The Hall–Kier alpha value is -3.69. The van der Waals surface area contributed by atoms with Crippen LogP contribution in [0.3, 0.4) is 0 Å². The highest BCUT2D eigenvalue weighted by Gasteiger charge is 2.42. The number of aromatic amines is 1. The molecule has 3 heterocycles. The molecule has 5 rings (SSSR count). The third kappa shape index (κ3) is 6.89. The van der Waals surface area contributed by atoms with Gasteiger partial charge in [0.05, 0.1) is 11.9 Å². The van der Waals surface area contributed by atoms with Crippen molar-refractivity contribution in [3.63, 3.8) is 0 Å². The van der Waals surface area contributed by atoms with Gasteiger partial charge in [-0.2, -0.15) is 13.2 Å². The average molecular weight is 571 g/mol. The molecule has 1 aliphatic heterocycles. The number of Topliss-reactive ketones (excluding diaryl/α,β-unsaturated/α-hetero) is 1. The number of aromatic nitrogens is 3. The third-order valence-electron chi connectivity index (χ3n) is 6.99. The largest absolute Gasteiger partial charge is 0.431 e. The Labute approximate surface area is 235 Å². The van der Waals surface area contributed by atoms with Gasteiger partial charge in [0.25, 0.3) is 5.56 Å². The molecule has 4 aromatic rings. The molecule has 10 heteroatoms. The summed E-state index contributed by atoms with van der Waals surface area (Å²) in [6.45, 7) is 2.92. The molecule has 0 unspecified atom stereocenters. The summed E-state index contributed by atoms with van der Waals surface area (Å²) in [7, 11) is 1.99. The van der Waals surface area contributed by atoms with E-state index in [2.05, 4.69) is 14.9 Å². The second-order valence-corrected chi connectivity index (χ2v) is 10.3. The number of halogens is 4. The summed E-state index contributed by atoms with van der Waals surface area (Å²) in [4.78, 5) is 32.1. The highest BCUT2D eigenvalue weighted by atomic mass is 35.5. The molecule has 0 spiro atoms. The summed E-state index contributed by atoms with van der Waals surface area (Å²) in [5.41, 5.74) is 0.884. The van der Waals surface area contributed by atoms with Crippen molar-refractivity contribution in [2.45, 2.75) is 32.5 Å². The Kier molecular flexibility index (Phi) is 9.27. The normalized spacial score (nSPS) is 14.4. The number of nitrogens with one attached hydrogen (secondary N) is 1. The zero-order valence-electron chi connectivity index (χ0n) is 22.2. The molecule has 0 radical (unpaired) electrons. The predicted molar refractivity (Wildman–Crippen MR) is 150 cm³/mol. The molecule has 1 N–H and O–H groups in total. The van der Waals surface area contributed by atoms with Gasteiger partial charge in [0, 0.05) is 35.4 Å². The number of nitrogens with zero attached hydrogens (tertiary/aromatic N) is 3. The monoisotopic (exact) mass is 570 g/mol. The SMILES string of the molecule is Cc1c(-c2ccc(Cl)cc2)c(C(=O)C2CCN(C)CC2)n(Cc2ccccc2)c1C(F)(F)F.O=c1cncc[nH]1. The van der Waals surface area contributed by atoms with Gasteiger partial charge in [-0.05, 0) is 68.7 Å². The van der Waals surface area contributed by atoms with E-state index in [-0.39, 0.29) is 35.1 Å². The molecule has 6 nitrogen and oxygen atoms in total. The minimum absolute atomic E-state index is 0.0300. The van der Waals surface area contributed by atoms with Gasteiger partial charge in [0.2, 0.25) is 0 Å². The lowest BCUT2D eigenvalue weighted by Gasteiger charge is -2.28. The van der Waals surface area contributed by atoms with E-state index in [0.717, 1.165) is 13.1 Å². The Morgan fingerprint density at radius 1 is 1.07 bits per heavy atom. The molecular formula is C30H30ClF3N4O2. The third-order valence-corrected chi connectivity index (χ3v) is 7.24. The van der Waals surface area contributed by atoms with Gasteiger partial charge >= 0.3 is 6.18 Å². The summed E-state index contributed by atoms with van der Waals surface area (Å²) >= 11 is 6.04. The molecule has 1 fully saturated rings. The first-order valence-electron chi connectivity index (χ1n) is 12.9. The van der Waals surface area contributed by atoms with Gasteiger partial charge in [-0.1, -0.05) is 54.1 Å². The maximum absolute atomic E-state index is 14.4. The highest BCUT2D eigenvalue weighted by Crippen LogP contribution is 2.42. The molecule has 0 saturated carbocycles. The Morgan fingerprint density at radius 3 is 2.25 bits per heavy atom. The number of hydrogen-bond acceptors (Lipinski definition) is 4. The van der Waals surface area contributed by atoms with Gasteiger partial charge in [-0.3, -0.25) is 14.6 Å². The number of piperidine rings is 1. The Bertz CT molecular complexity index is 1470. The van der Waals surface area contributed by atoms with E-state index in [4.69, 9.17) is 11.6 Å². The van der Waals surface area contributed by atoms with Crippen molar-refractivity contribution in [1.82, 2.24) is 19.4 Å². The zero-order chi connectivity index (χ0) is 28.9. The summed E-state index contributed by atoms with van der Waals surface area (Å²) in [6.07, 6.45) is 0.883. The molecule has 210 valence electrons. The number of carbonyl (C=O) groups excluding carboxylic acids is 1. The minimum Gasteiger partial charge on any atom is -0.329 e. The average Bonchev–Trinajstić information content (AvgIpc) is 3.22. The van der Waals surface area contributed by atoms with Crippen molar-refractivity contribution in [2.75, 3.05) is 20.1 Å². The standard InChI is InChI=1S/C26H26ClF3N2O.C4H4N2O/c1-17-22(19-8-10-21(27)11-9-19)23(24(33)20-12-14-31(2)15-13-20)32(25(17)26(28,29)30)16-18-6-4-3-5-7-18;7-4-3-5-1-2-6-4/h3-11,20H,12-16H2,1-2H3;1-3H,(H,6,7). The van der Waals surface area contributed by atoms with Crippen LogP contribution in [0, 0.1) is 12.8 Å². The number of carbonyl (C=O) groups is 1. The van der Waals surface area contributed by atoms with Crippen LogP contribution in [0.2, 0.25) is 5.02 Å². The number of benzene rings is 2. The fourth-order valence-corrected chi connectivity index (χ4v) is 5.16. The summed E-state index contributed by atoms with van der Waals surface area (Å²) in [5.74, 6) is -0.528. The molecule has 40 heavy (non-hydrogen) atoms. The van der Waals surface area contributed by atoms with Crippen LogP contribution in [0.1, 0.15) is 40.2 Å². The molecular weight excluding hydrogens is 541 g/mol. The number of ketones is 1. The fourth-order valence-electron chi connectivity index (χ4n) is 5.04. The lowest BCUT2D eigenvalue weighted by Crippen LogP contribution is -2.34. The quantitative estimate of drug-likeness (QED) is 0.279. The van der Waals surface area contributed by atoms with E-state index in [9.17, 15) is 22.8 Å². The summed E-state index contributed by atoms with van der Waals surface area (Å²) in [6, 6.07) is 15.6. The second-order valence-electron chi connectivity index (χ2n) is 9.82. The molecule has 1 aliphatic rings. The number of rotatable bonds is 5. The lowest BCUT2D eigenvalue weighted by molar-refractivity contribution is -0.143. The molecule has 2 aromatic carbocycles. The number of likely N-dealkylation sites (tertiary alicyclic amines) is 1. The van der Waals surface area contributed by atoms with E-state index in [1.165, 1.54) is 30.1 Å². The molecule has 0 amide bonds. The maximum Gasteiger partial charge on any atom is 0.431 e. The van der Waals surface area contributed by atoms with Gasteiger partial charge in [0.1, 0.15) is 5.69 Å². The smallest absolute Gasteiger partial charge is 0.329 e. The zero-order valence-corrected chi connectivity index (χ0v) is 23.0. The van der Waals surface area contributed by atoms with Crippen LogP contribution in [0.4, 0.5) is 13.2 Å². The second kappa shape index (κ2) is 12.7. The van der Waals surface area contributed by atoms with Gasteiger partial charge in [-0.15, -0.1) is 0 Å². The van der Waals surface area contributed by atoms with Crippen LogP contribution in [0.15, 0.2) is 78.0 Å². The fraction of sp³-hybridized carbons (Fsp3) is 0.300. The van der Waals surface area contributed by atoms with E-state index in [0.29, 0.717) is 34.6 Å². The molecule has 0 bridgehead atoms. The van der Waals surface area contributed by atoms with Crippen molar-refractivity contribution in [3.05, 3.63) is 111 Å². The number of alkyl halides is 3. The van der Waals surface area contributed by atoms with Gasteiger partial charge < -0.3 is 14.5 Å². The van der Waals surface area contributed by atoms with Gasteiger partial charge in [-0.25, -0.2) is 0 Å². The van der Waals surface area contributed by atoms with E-state index in [1.54, 1.807) is 48.5 Å². The Morgan fingerprint density at radius 2 is 1.73 bits per heavy atom. The Balaban J connectivity index is 0.000000461. The predicted octanol–water partition coefficient (Wildman–Crippen LogP) is 6.48. The van der Waals surface area contributed by atoms with Crippen LogP contribution in [-0.4, -0.2) is 45.4 Å². The van der Waals surface area contributed by atoms with Crippen LogP contribution >= 0.6 is 11.6 Å². The summed E-state index contributed by atoms with van der Waals surface area (Å²) < 4.78 is 44.3. The molecule has 0 atom stereocenters. The van der Waals surface area contributed by atoms with Crippen molar-refractivity contribution in [1.29, 1.82) is 0 Å². The van der Waals surface area contributed by atoms with E-state index >= 15 is 0 Å². The molecule has 1 saturated heterocycles. The van der Waals surface area contributed by atoms with E-state index < -0.39 is 11.9 Å². The minimum atomic E-state index is -4.61. The molecule has 2 aromatic heterocycles. The topological polar surface area (TPSA) is 71.0 Å². The number of hydrogen-bond donors (Lipinski definition) is 1. The lowest BCUT2D eigenvalue weighted by atomic mass is 9.88.